The molecule has 0 spiro atoms. The summed E-state index contributed by atoms with van der Waals surface area (Å²) in [6.45, 7) is 4.27. The Hall–Kier alpha value is -3.14. The molecule has 0 radical (unpaired) electrons. The lowest BCUT2D eigenvalue weighted by Crippen LogP contribution is -2.48. The van der Waals surface area contributed by atoms with Crippen LogP contribution in [0.1, 0.15) is 16.1 Å². The highest BCUT2D eigenvalue weighted by atomic mass is 32.2. The Morgan fingerprint density at radius 3 is 2.42 bits per heavy atom. The summed E-state index contributed by atoms with van der Waals surface area (Å²) in [4.78, 5) is 32.9. The third kappa shape index (κ3) is 5.13. The fourth-order valence-corrected chi connectivity index (χ4v) is 3.97. The van der Waals surface area contributed by atoms with E-state index in [0.29, 0.717) is 49.0 Å². The van der Waals surface area contributed by atoms with Gasteiger partial charge in [-0.15, -0.1) is 0 Å². The molecule has 1 aromatic heterocycles. The number of pyridine rings is 1. The van der Waals surface area contributed by atoms with Crippen molar-refractivity contribution in [2.45, 2.75) is 6.92 Å². The Morgan fingerprint density at radius 2 is 1.77 bits per heavy atom. The summed E-state index contributed by atoms with van der Waals surface area (Å²) in [5.74, 6) is 0.615. The molecule has 1 saturated heterocycles. The normalized spacial score (nSPS) is 13.5. The highest BCUT2D eigenvalue weighted by Gasteiger charge is 2.24. The number of rotatable bonds is 6. The van der Waals surface area contributed by atoms with E-state index in [1.165, 1.54) is 14.2 Å². The molecule has 3 rings (SSSR count). The van der Waals surface area contributed by atoms with E-state index < -0.39 is 5.97 Å². The topological polar surface area (TPSA) is 93.2 Å². The van der Waals surface area contributed by atoms with Crippen molar-refractivity contribution in [1.29, 1.82) is 0 Å². The number of piperazine rings is 1. The van der Waals surface area contributed by atoms with E-state index in [1.807, 2.05) is 24.3 Å². The number of esters is 1. The molecule has 0 bridgehead atoms. The second-order valence-electron chi connectivity index (χ2n) is 6.79. The minimum atomic E-state index is -0.500. The molecule has 1 aliphatic heterocycles. The summed E-state index contributed by atoms with van der Waals surface area (Å²) in [7, 11) is 4.44. The molecule has 1 aliphatic rings. The van der Waals surface area contributed by atoms with Crippen molar-refractivity contribution in [3.63, 3.8) is 0 Å². The van der Waals surface area contributed by atoms with Crippen molar-refractivity contribution in [3.05, 3.63) is 41.6 Å². The molecule has 9 nitrogen and oxygen atoms in total. The molecule has 0 unspecified atom stereocenters. The molecular weight excluding hydrogens is 420 g/mol. The zero-order chi connectivity index (χ0) is 22.4. The average Bonchev–Trinajstić information content (AvgIpc) is 2.82. The van der Waals surface area contributed by atoms with Gasteiger partial charge in [0.1, 0.15) is 11.4 Å². The molecule has 0 atom stereocenters. The standard InChI is InChI=1S/C21H26N4O5S/c1-14-15(20(26)30-4)13-16(19(22-14)29-3)23-31-21(27)25-11-9-24(10-12-25)17-7-5-6-8-18(17)28-2/h5-8,13,23H,9-12H2,1-4H3. The number of nitrogens with one attached hydrogen (secondary N) is 1. The highest BCUT2D eigenvalue weighted by Crippen LogP contribution is 2.30. The van der Waals surface area contributed by atoms with Crippen molar-refractivity contribution >= 4 is 34.5 Å². The van der Waals surface area contributed by atoms with Gasteiger partial charge in [0, 0.05) is 38.1 Å². The molecule has 2 aromatic rings. The van der Waals surface area contributed by atoms with Crippen LogP contribution in [0.15, 0.2) is 30.3 Å². The number of ether oxygens (including phenoxy) is 3. The van der Waals surface area contributed by atoms with E-state index in [9.17, 15) is 9.59 Å². The van der Waals surface area contributed by atoms with E-state index in [2.05, 4.69) is 14.6 Å². The average molecular weight is 447 g/mol. The van der Waals surface area contributed by atoms with Crippen molar-refractivity contribution in [1.82, 2.24) is 9.88 Å². The number of aryl methyl sites for hydroxylation is 1. The van der Waals surface area contributed by atoms with Crippen LogP contribution in [0, 0.1) is 6.92 Å². The SMILES string of the molecule is COC(=O)c1cc(NSC(=O)N2CCN(c3ccccc3OC)CC2)c(OC)nc1C. The molecule has 0 saturated carbocycles. The Balaban J connectivity index is 1.61. The number of para-hydroxylation sites is 2. The summed E-state index contributed by atoms with van der Waals surface area (Å²) in [5, 5.41) is -0.123. The van der Waals surface area contributed by atoms with Crippen LogP contribution in [0.4, 0.5) is 16.2 Å². The fraction of sp³-hybridized carbons (Fsp3) is 0.381. The Kier molecular flexibility index (Phi) is 7.45. The number of methoxy groups -OCH3 is 3. The van der Waals surface area contributed by atoms with Crippen LogP contribution in [0.2, 0.25) is 0 Å². The Labute approximate surface area is 185 Å². The summed E-state index contributed by atoms with van der Waals surface area (Å²) in [5.41, 5.74) is 2.25. The summed E-state index contributed by atoms with van der Waals surface area (Å²) in [6, 6.07) is 9.43. The van der Waals surface area contributed by atoms with Crippen LogP contribution in [-0.4, -0.2) is 68.6 Å². The maximum absolute atomic E-state index is 12.7. The van der Waals surface area contributed by atoms with Gasteiger partial charge in [0.25, 0.3) is 0 Å². The van der Waals surface area contributed by atoms with Gasteiger partial charge in [0.05, 0.1) is 38.3 Å². The molecule has 1 fully saturated rings. The summed E-state index contributed by atoms with van der Waals surface area (Å²) < 4.78 is 18.5. The first-order valence-electron chi connectivity index (χ1n) is 9.72. The van der Waals surface area contributed by atoms with Crippen molar-refractivity contribution in [2.24, 2.45) is 0 Å². The van der Waals surface area contributed by atoms with Crippen LogP contribution in [-0.2, 0) is 4.74 Å². The predicted molar refractivity (Wildman–Crippen MR) is 120 cm³/mol. The molecule has 1 aromatic carbocycles. The van der Waals surface area contributed by atoms with Crippen LogP contribution in [0.5, 0.6) is 11.6 Å². The Morgan fingerprint density at radius 1 is 1.06 bits per heavy atom. The lowest BCUT2D eigenvalue weighted by molar-refractivity contribution is 0.0599. The number of amides is 1. The quantitative estimate of drug-likeness (QED) is 0.530. The molecular formula is C21H26N4O5S. The first-order valence-corrected chi connectivity index (χ1v) is 10.5. The van der Waals surface area contributed by atoms with E-state index in [0.717, 1.165) is 23.4 Å². The largest absolute Gasteiger partial charge is 0.495 e. The van der Waals surface area contributed by atoms with Gasteiger partial charge in [-0.25, -0.2) is 9.78 Å². The number of carbonyl (C=O) groups excluding carboxylic acids is 2. The van der Waals surface area contributed by atoms with Crippen LogP contribution in [0.25, 0.3) is 0 Å². The molecule has 0 aliphatic carbocycles. The van der Waals surface area contributed by atoms with E-state index in [-0.39, 0.29) is 5.24 Å². The predicted octanol–water partition coefficient (Wildman–Crippen LogP) is 3.20. The number of aromatic nitrogens is 1. The maximum atomic E-state index is 12.7. The third-order valence-corrected chi connectivity index (χ3v) is 5.74. The van der Waals surface area contributed by atoms with E-state index in [4.69, 9.17) is 14.2 Å². The highest BCUT2D eigenvalue weighted by molar-refractivity contribution is 8.14. The van der Waals surface area contributed by atoms with Gasteiger partial charge >= 0.3 is 11.2 Å². The number of carbonyl (C=O) groups is 2. The minimum absolute atomic E-state index is 0.123. The molecule has 10 heteroatoms. The fourth-order valence-electron chi connectivity index (χ4n) is 3.31. The van der Waals surface area contributed by atoms with Crippen molar-refractivity contribution < 1.29 is 23.8 Å². The van der Waals surface area contributed by atoms with Gasteiger partial charge < -0.3 is 28.7 Å². The van der Waals surface area contributed by atoms with Crippen molar-refractivity contribution in [2.75, 3.05) is 57.1 Å². The molecule has 1 N–H and O–H groups in total. The lowest BCUT2D eigenvalue weighted by atomic mass is 10.2. The van der Waals surface area contributed by atoms with E-state index in [1.54, 1.807) is 25.0 Å². The second-order valence-corrected chi connectivity index (χ2v) is 7.54. The monoisotopic (exact) mass is 446 g/mol. The van der Waals surface area contributed by atoms with Crippen LogP contribution >= 0.6 is 11.9 Å². The molecule has 2 heterocycles. The minimum Gasteiger partial charge on any atom is -0.495 e. The second kappa shape index (κ2) is 10.3. The third-order valence-electron chi connectivity index (χ3n) is 4.99. The molecule has 166 valence electrons. The summed E-state index contributed by atoms with van der Waals surface area (Å²) >= 11 is 0.926. The number of hydrogen-bond donors (Lipinski definition) is 1. The zero-order valence-electron chi connectivity index (χ0n) is 18.0. The lowest BCUT2D eigenvalue weighted by Gasteiger charge is -2.36. The molecule has 31 heavy (non-hydrogen) atoms. The van der Waals surface area contributed by atoms with Gasteiger partial charge in [-0.05, 0) is 25.1 Å². The number of benzene rings is 1. The number of hydrogen-bond acceptors (Lipinski definition) is 9. The molecule has 1 amide bonds. The van der Waals surface area contributed by atoms with Gasteiger partial charge in [0.15, 0.2) is 0 Å². The number of anilines is 2. The van der Waals surface area contributed by atoms with Gasteiger partial charge in [-0.2, -0.15) is 0 Å². The van der Waals surface area contributed by atoms with Crippen LogP contribution < -0.4 is 19.1 Å². The zero-order valence-corrected chi connectivity index (χ0v) is 18.8. The van der Waals surface area contributed by atoms with Crippen LogP contribution in [0.3, 0.4) is 0 Å². The van der Waals surface area contributed by atoms with Crippen molar-refractivity contribution in [3.8, 4) is 11.6 Å². The Bertz CT molecular complexity index is 947. The number of nitrogens with zero attached hydrogens (tertiary/aromatic N) is 3. The van der Waals surface area contributed by atoms with Gasteiger partial charge in [-0.3, -0.25) is 4.79 Å². The first kappa shape index (κ1) is 22.5. The first-order chi connectivity index (χ1) is 15.0. The maximum Gasteiger partial charge on any atom is 0.339 e. The summed E-state index contributed by atoms with van der Waals surface area (Å²) in [6.07, 6.45) is 0. The smallest absolute Gasteiger partial charge is 0.339 e. The van der Waals surface area contributed by atoms with Gasteiger partial charge in [0.2, 0.25) is 5.88 Å². The van der Waals surface area contributed by atoms with Gasteiger partial charge in [-0.1, -0.05) is 12.1 Å². The van der Waals surface area contributed by atoms with E-state index >= 15 is 0 Å².